The fourth-order valence-corrected chi connectivity index (χ4v) is 2.02. The highest BCUT2D eigenvalue weighted by Crippen LogP contribution is 2.15. The predicted octanol–water partition coefficient (Wildman–Crippen LogP) is -0.576. The van der Waals surface area contributed by atoms with E-state index in [0.29, 0.717) is 13.0 Å². The van der Waals surface area contributed by atoms with Gasteiger partial charge in [-0.2, -0.15) is 0 Å². The lowest BCUT2D eigenvalue weighted by Gasteiger charge is -2.21. The Bertz CT molecular complexity index is 270. The molecule has 0 aromatic heterocycles. The number of hydrogen-bond acceptors (Lipinski definition) is 4. The number of aliphatic hydroxyl groups excluding tert-OH is 1. The van der Waals surface area contributed by atoms with Crippen molar-refractivity contribution in [1.82, 2.24) is 10.2 Å². The molecule has 6 heteroatoms. The van der Waals surface area contributed by atoms with Gasteiger partial charge in [-0.3, -0.25) is 14.5 Å². The lowest BCUT2D eigenvalue weighted by Crippen LogP contribution is -2.41. The fourth-order valence-electron chi connectivity index (χ4n) is 2.02. The van der Waals surface area contributed by atoms with Gasteiger partial charge in [-0.05, 0) is 25.8 Å². The van der Waals surface area contributed by atoms with Gasteiger partial charge in [-0.1, -0.05) is 0 Å². The summed E-state index contributed by atoms with van der Waals surface area (Å²) in [4.78, 5) is 23.7. The number of hydrogen-bond donors (Lipinski definition) is 3. The van der Waals surface area contributed by atoms with E-state index in [1.807, 2.05) is 4.90 Å². The standard InChI is InChI=1S/C11H20N2O4/c14-8-9-3-2-6-13(9)7-10(15)12-5-1-4-11(16)17/h9,14H,1-8H2,(H,12,15)(H,16,17)/t9-/m1/s1. The number of likely N-dealkylation sites (tertiary alicyclic amines) is 1. The van der Waals surface area contributed by atoms with Crippen LogP contribution in [0.1, 0.15) is 25.7 Å². The molecule has 0 aromatic carbocycles. The van der Waals surface area contributed by atoms with Gasteiger partial charge in [0.2, 0.25) is 5.91 Å². The summed E-state index contributed by atoms with van der Waals surface area (Å²) >= 11 is 0. The second-order valence-corrected chi connectivity index (χ2v) is 4.30. The Morgan fingerprint density at radius 2 is 2.18 bits per heavy atom. The first kappa shape index (κ1) is 13.9. The van der Waals surface area contributed by atoms with Crippen LogP contribution < -0.4 is 5.32 Å². The lowest BCUT2D eigenvalue weighted by molar-refractivity contribution is -0.137. The highest BCUT2D eigenvalue weighted by molar-refractivity contribution is 5.78. The van der Waals surface area contributed by atoms with Crippen molar-refractivity contribution in [1.29, 1.82) is 0 Å². The highest BCUT2D eigenvalue weighted by Gasteiger charge is 2.25. The Morgan fingerprint density at radius 1 is 1.41 bits per heavy atom. The SMILES string of the molecule is O=C(O)CCCNC(=O)CN1CCC[C@@H]1CO. The van der Waals surface area contributed by atoms with Gasteiger partial charge in [0.15, 0.2) is 0 Å². The van der Waals surface area contributed by atoms with Crippen LogP contribution >= 0.6 is 0 Å². The van der Waals surface area contributed by atoms with E-state index < -0.39 is 5.97 Å². The zero-order valence-electron chi connectivity index (χ0n) is 9.89. The monoisotopic (exact) mass is 244 g/mol. The number of amides is 1. The largest absolute Gasteiger partial charge is 0.481 e. The smallest absolute Gasteiger partial charge is 0.303 e. The number of aliphatic carboxylic acids is 1. The van der Waals surface area contributed by atoms with Gasteiger partial charge in [-0.15, -0.1) is 0 Å². The van der Waals surface area contributed by atoms with Gasteiger partial charge in [0.1, 0.15) is 0 Å². The summed E-state index contributed by atoms with van der Waals surface area (Å²) in [5, 5.41) is 20.2. The zero-order chi connectivity index (χ0) is 12.7. The van der Waals surface area contributed by atoms with Crippen LogP contribution in [0, 0.1) is 0 Å². The molecule has 6 nitrogen and oxygen atoms in total. The Hall–Kier alpha value is -1.14. The van der Waals surface area contributed by atoms with Crippen molar-refractivity contribution in [2.45, 2.75) is 31.7 Å². The normalized spacial score (nSPS) is 20.4. The molecular formula is C11H20N2O4. The molecule has 0 saturated carbocycles. The molecular weight excluding hydrogens is 224 g/mol. The third-order valence-corrected chi connectivity index (χ3v) is 2.95. The Kier molecular flexibility index (Phi) is 5.93. The van der Waals surface area contributed by atoms with E-state index in [-0.39, 0.29) is 31.5 Å². The number of nitrogens with zero attached hydrogens (tertiary/aromatic N) is 1. The van der Waals surface area contributed by atoms with Crippen molar-refractivity contribution in [3.63, 3.8) is 0 Å². The molecule has 0 spiro atoms. The molecule has 1 heterocycles. The number of carboxylic acids is 1. The van der Waals surface area contributed by atoms with Crippen LogP contribution in [-0.2, 0) is 9.59 Å². The maximum Gasteiger partial charge on any atom is 0.303 e. The molecule has 1 amide bonds. The van der Waals surface area contributed by atoms with E-state index in [2.05, 4.69) is 5.32 Å². The molecule has 1 saturated heterocycles. The molecule has 0 radical (unpaired) electrons. The van der Waals surface area contributed by atoms with Crippen molar-refractivity contribution < 1.29 is 19.8 Å². The topological polar surface area (TPSA) is 89.9 Å². The summed E-state index contributed by atoms with van der Waals surface area (Å²) in [6.07, 6.45) is 2.47. The van der Waals surface area contributed by atoms with E-state index in [0.717, 1.165) is 19.4 Å². The summed E-state index contributed by atoms with van der Waals surface area (Å²) in [5.41, 5.74) is 0. The zero-order valence-corrected chi connectivity index (χ0v) is 9.89. The number of nitrogens with one attached hydrogen (secondary N) is 1. The van der Waals surface area contributed by atoms with Crippen molar-refractivity contribution in [3.05, 3.63) is 0 Å². The summed E-state index contributed by atoms with van der Waals surface area (Å²) in [5.74, 6) is -0.949. The lowest BCUT2D eigenvalue weighted by atomic mass is 10.2. The molecule has 0 aromatic rings. The van der Waals surface area contributed by atoms with E-state index in [1.165, 1.54) is 0 Å². The molecule has 98 valence electrons. The average Bonchev–Trinajstić information content (AvgIpc) is 2.71. The van der Waals surface area contributed by atoms with Gasteiger partial charge in [-0.25, -0.2) is 0 Å². The van der Waals surface area contributed by atoms with Crippen LogP contribution in [0.4, 0.5) is 0 Å². The minimum atomic E-state index is -0.848. The Labute approximate surface area is 101 Å². The van der Waals surface area contributed by atoms with Crippen LogP contribution in [0.2, 0.25) is 0 Å². The first-order valence-corrected chi connectivity index (χ1v) is 5.97. The van der Waals surface area contributed by atoms with E-state index in [4.69, 9.17) is 10.2 Å². The third-order valence-electron chi connectivity index (χ3n) is 2.95. The van der Waals surface area contributed by atoms with Crippen LogP contribution in [0.25, 0.3) is 0 Å². The van der Waals surface area contributed by atoms with Crippen LogP contribution in [0.3, 0.4) is 0 Å². The molecule has 1 atom stereocenters. The van der Waals surface area contributed by atoms with E-state index >= 15 is 0 Å². The van der Waals surface area contributed by atoms with Crippen molar-refractivity contribution in [2.75, 3.05) is 26.2 Å². The average molecular weight is 244 g/mol. The highest BCUT2D eigenvalue weighted by atomic mass is 16.4. The number of rotatable bonds is 7. The molecule has 0 aliphatic carbocycles. The summed E-state index contributed by atoms with van der Waals surface area (Å²) in [6.45, 7) is 1.61. The minimum absolute atomic E-state index is 0.0727. The molecule has 3 N–H and O–H groups in total. The second-order valence-electron chi connectivity index (χ2n) is 4.30. The van der Waals surface area contributed by atoms with E-state index in [1.54, 1.807) is 0 Å². The summed E-state index contributed by atoms with van der Waals surface area (Å²) in [6, 6.07) is 0.0970. The van der Waals surface area contributed by atoms with E-state index in [9.17, 15) is 9.59 Å². The predicted molar refractivity (Wildman–Crippen MR) is 61.6 cm³/mol. The Morgan fingerprint density at radius 3 is 2.82 bits per heavy atom. The summed E-state index contributed by atoms with van der Waals surface area (Å²) in [7, 11) is 0. The van der Waals surface area contributed by atoms with Crippen LogP contribution in [0.5, 0.6) is 0 Å². The van der Waals surface area contributed by atoms with Crippen molar-refractivity contribution >= 4 is 11.9 Å². The number of carbonyl (C=O) groups excluding carboxylic acids is 1. The first-order valence-electron chi connectivity index (χ1n) is 5.97. The summed E-state index contributed by atoms with van der Waals surface area (Å²) < 4.78 is 0. The maximum atomic E-state index is 11.5. The van der Waals surface area contributed by atoms with Crippen molar-refractivity contribution in [2.24, 2.45) is 0 Å². The molecule has 0 bridgehead atoms. The molecule has 17 heavy (non-hydrogen) atoms. The minimum Gasteiger partial charge on any atom is -0.481 e. The maximum absolute atomic E-state index is 11.5. The third kappa shape index (κ3) is 5.14. The molecule has 1 rings (SSSR count). The fraction of sp³-hybridized carbons (Fsp3) is 0.818. The molecule has 0 unspecified atom stereocenters. The number of aliphatic hydroxyl groups is 1. The van der Waals surface area contributed by atoms with Gasteiger partial charge in [0, 0.05) is 19.0 Å². The molecule has 1 fully saturated rings. The first-order chi connectivity index (χ1) is 8.13. The quantitative estimate of drug-likeness (QED) is 0.522. The second kappa shape index (κ2) is 7.24. The van der Waals surface area contributed by atoms with Gasteiger partial charge in [0.05, 0.1) is 13.2 Å². The number of carbonyl (C=O) groups is 2. The Balaban J connectivity index is 2.14. The van der Waals surface area contributed by atoms with Crippen LogP contribution in [0.15, 0.2) is 0 Å². The van der Waals surface area contributed by atoms with Gasteiger partial charge in [0.25, 0.3) is 0 Å². The molecule has 1 aliphatic rings. The van der Waals surface area contributed by atoms with Gasteiger partial charge >= 0.3 is 5.97 Å². The number of carboxylic acid groups (broad SMARTS) is 1. The van der Waals surface area contributed by atoms with Crippen molar-refractivity contribution in [3.8, 4) is 0 Å². The molecule has 1 aliphatic heterocycles. The van der Waals surface area contributed by atoms with Crippen LogP contribution in [-0.4, -0.2) is 59.3 Å². The van der Waals surface area contributed by atoms with Gasteiger partial charge < -0.3 is 15.5 Å².